The maximum atomic E-state index is 10.9. The lowest BCUT2D eigenvalue weighted by molar-refractivity contribution is 0.0601. The van der Waals surface area contributed by atoms with E-state index in [1.165, 1.54) is 7.11 Å². The largest absolute Gasteiger partial charge is 0.465 e. The molecule has 0 heterocycles. The lowest BCUT2D eigenvalue weighted by Crippen LogP contribution is -2.01. The minimum Gasteiger partial charge on any atom is -0.465 e. The van der Waals surface area contributed by atoms with Gasteiger partial charge in [-0.1, -0.05) is 19.9 Å². The molecular formula is C10H15NO2. The van der Waals surface area contributed by atoms with Gasteiger partial charge in [0.15, 0.2) is 0 Å². The van der Waals surface area contributed by atoms with Crippen molar-refractivity contribution in [3.8, 4) is 0 Å². The maximum Gasteiger partial charge on any atom is 0.337 e. The molecule has 0 saturated carbocycles. The Bertz CT molecular complexity index is 271. The average Bonchev–Trinajstić information content (AvgIpc) is 2.20. The second-order valence-corrected chi connectivity index (χ2v) is 2.12. The van der Waals surface area contributed by atoms with Crippen molar-refractivity contribution in [1.82, 2.24) is 0 Å². The maximum absolute atomic E-state index is 10.9. The van der Waals surface area contributed by atoms with Crippen molar-refractivity contribution in [2.75, 3.05) is 12.8 Å². The van der Waals surface area contributed by atoms with Gasteiger partial charge in [0, 0.05) is 5.69 Å². The van der Waals surface area contributed by atoms with Crippen LogP contribution in [0.1, 0.15) is 24.2 Å². The highest BCUT2D eigenvalue weighted by molar-refractivity contribution is 5.90. The normalized spacial score (nSPS) is 8.23. The van der Waals surface area contributed by atoms with Crippen LogP contribution in [0.15, 0.2) is 24.3 Å². The van der Waals surface area contributed by atoms with Gasteiger partial charge >= 0.3 is 5.97 Å². The van der Waals surface area contributed by atoms with Crippen LogP contribution in [-0.4, -0.2) is 13.1 Å². The summed E-state index contributed by atoms with van der Waals surface area (Å²) in [4.78, 5) is 10.9. The monoisotopic (exact) mass is 181 g/mol. The van der Waals surface area contributed by atoms with Crippen LogP contribution in [0.3, 0.4) is 0 Å². The molecular weight excluding hydrogens is 166 g/mol. The minimum absolute atomic E-state index is 0.364. The number of rotatable bonds is 1. The molecule has 0 aliphatic carbocycles. The zero-order valence-corrected chi connectivity index (χ0v) is 8.20. The molecule has 0 radical (unpaired) electrons. The van der Waals surface area contributed by atoms with Crippen LogP contribution in [0, 0.1) is 0 Å². The Kier molecular flexibility index (Phi) is 5.35. The Balaban J connectivity index is 0.000000671. The first kappa shape index (κ1) is 11.5. The predicted molar refractivity (Wildman–Crippen MR) is 53.5 cm³/mol. The van der Waals surface area contributed by atoms with Crippen molar-refractivity contribution in [1.29, 1.82) is 0 Å². The van der Waals surface area contributed by atoms with E-state index in [2.05, 4.69) is 4.74 Å². The molecule has 2 N–H and O–H groups in total. The summed E-state index contributed by atoms with van der Waals surface area (Å²) in [6, 6.07) is 6.65. The van der Waals surface area contributed by atoms with Gasteiger partial charge in [0.1, 0.15) is 0 Å². The van der Waals surface area contributed by atoms with Crippen LogP contribution in [0.4, 0.5) is 5.69 Å². The third kappa shape index (κ3) is 3.60. The molecule has 0 atom stereocenters. The molecule has 1 aromatic carbocycles. The molecule has 1 aromatic rings. The molecule has 0 aliphatic heterocycles. The number of carbonyl (C=O) groups excluding carboxylic acids is 1. The van der Waals surface area contributed by atoms with Gasteiger partial charge in [0.2, 0.25) is 0 Å². The Morgan fingerprint density at radius 1 is 1.38 bits per heavy atom. The number of ether oxygens (including phenoxy) is 1. The van der Waals surface area contributed by atoms with E-state index in [4.69, 9.17) is 5.73 Å². The molecule has 13 heavy (non-hydrogen) atoms. The molecule has 0 amide bonds. The number of methoxy groups -OCH3 is 1. The van der Waals surface area contributed by atoms with E-state index >= 15 is 0 Å². The number of nitrogen functional groups attached to an aromatic ring is 1. The molecule has 0 unspecified atom stereocenters. The summed E-state index contributed by atoms with van der Waals surface area (Å²) in [5, 5.41) is 0. The number of benzene rings is 1. The highest BCUT2D eigenvalue weighted by Gasteiger charge is 2.02. The molecule has 3 heteroatoms. The fourth-order valence-corrected chi connectivity index (χ4v) is 0.783. The van der Waals surface area contributed by atoms with Gasteiger partial charge in [0.05, 0.1) is 12.7 Å². The van der Waals surface area contributed by atoms with Crippen LogP contribution in [0.2, 0.25) is 0 Å². The predicted octanol–water partition coefficient (Wildman–Crippen LogP) is 2.08. The molecule has 3 nitrogen and oxygen atoms in total. The molecule has 0 fully saturated rings. The highest BCUT2D eigenvalue weighted by Crippen LogP contribution is 2.06. The average molecular weight is 181 g/mol. The van der Waals surface area contributed by atoms with Gasteiger partial charge in [-0.2, -0.15) is 0 Å². The number of nitrogens with two attached hydrogens (primary N) is 1. The lowest BCUT2D eigenvalue weighted by atomic mass is 10.2. The molecule has 0 spiro atoms. The number of hydrogen-bond donors (Lipinski definition) is 1. The molecule has 0 bridgehead atoms. The summed E-state index contributed by atoms with van der Waals surface area (Å²) < 4.78 is 4.50. The summed E-state index contributed by atoms with van der Waals surface area (Å²) in [5.41, 5.74) is 6.49. The topological polar surface area (TPSA) is 52.3 Å². The second-order valence-electron chi connectivity index (χ2n) is 2.12. The van der Waals surface area contributed by atoms with E-state index in [0.717, 1.165) is 0 Å². The first-order valence-electron chi connectivity index (χ1n) is 4.18. The molecule has 0 saturated heterocycles. The Morgan fingerprint density at radius 3 is 2.46 bits per heavy atom. The Labute approximate surface area is 78.5 Å². The van der Waals surface area contributed by atoms with E-state index in [9.17, 15) is 4.79 Å². The van der Waals surface area contributed by atoms with Gasteiger partial charge < -0.3 is 10.5 Å². The van der Waals surface area contributed by atoms with Gasteiger partial charge in [-0.3, -0.25) is 0 Å². The quantitative estimate of drug-likeness (QED) is 0.533. The standard InChI is InChI=1S/C8H9NO2.C2H6/c1-11-8(10)6-3-2-4-7(9)5-6;1-2/h2-5H,9H2,1H3;1-2H3. The van der Waals surface area contributed by atoms with Gasteiger partial charge in [-0.05, 0) is 18.2 Å². The van der Waals surface area contributed by atoms with Crippen LogP contribution >= 0.6 is 0 Å². The Hall–Kier alpha value is -1.51. The van der Waals surface area contributed by atoms with Crippen molar-refractivity contribution in [3.63, 3.8) is 0 Å². The lowest BCUT2D eigenvalue weighted by Gasteiger charge is -1.98. The van der Waals surface area contributed by atoms with E-state index in [1.54, 1.807) is 24.3 Å². The van der Waals surface area contributed by atoms with E-state index < -0.39 is 0 Å². The fraction of sp³-hybridized carbons (Fsp3) is 0.300. The molecule has 72 valence electrons. The van der Waals surface area contributed by atoms with Gasteiger partial charge in [-0.15, -0.1) is 0 Å². The minimum atomic E-state index is -0.364. The van der Waals surface area contributed by atoms with Crippen molar-refractivity contribution in [2.24, 2.45) is 0 Å². The number of carbonyl (C=O) groups is 1. The summed E-state index contributed by atoms with van der Waals surface area (Å²) in [7, 11) is 1.34. The molecule has 1 rings (SSSR count). The molecule has 0 aromatic heterocycles. The van der Waals surface area contributed by atoms with Crippen LogP contribution in [0.25, 0.3) is 0 Å². The van der Waals surface area contributed by atoms with Gasteiger partial charge in [-0.25, -0.2) is 4.79 Å². The zero-order valence-electron chi connectivity index (χ0n) is 8.20. The fourth-order valence-electron chi connectivity index (χ4n) is 0.783. The first-order chi connectivity index (χ1) is 6.24. The van der Waals surface area contributed by atoms with Crippen LogP contribution in [-0.2, 0) is 4.74 Å². The smallest absolute Gasteiger partial charge is 0.337 e. The zero-order chi connectivity index (χ0) is 10.3. The summed E-state index contributed by atoms with van der Waals surface area (Å²) in [5.74, 6) is -0.364. The van der Waals surface area contributed by atoms with Crippen LogP contribution in [0.5, 0.6) is 0 Å². The van der Waals surface area contributed by atoms with E-state index in [1.807, 2.05) is 13.8 Å². The number of esters is 1. The highest BCUT2D eigenvalue weighted by atomic mass is 16.5. The third-order valence-corrected chi connectivity index (χ3v) is 1.31. The summed E-state index contributed by atoms with van der Waals surface area (Å²) in [6.07, 6.45) is 0. The SMILES string of the molecule is CC.COC(=O)c1cccc(N)c1. The third-order valence-electron chi connectivity index (χ3n) is 1.31. The summed E-state index contributed by atoms with van der Waals surface area (Å²) >= 11 is 0. The van der Waals surface area contributed by atoms with E-state index in [-0.39, 0.29) is 5.97 Å². The van der Waals surface area contributed by atoms with Crippen molar-refractivity contribution in [2.45, 2.75) is 13.8 Å². The second kappa shape index (κ2) is 6.06. The summed E-state index contributed by atoms with van der Waals surface area (Å²) in [6.45, 7) is 4.00. The van der Waals surface area contributed by atoms with Crippen molar-refractivity contribution < 1.29 is 9.53 Å². The number of hydrogen-bond acceptors (Lipinski definition) is 3. The van der Waals surface area contributed by atoms with Crippen LogP contribution < -0.4 is 5.73 Å². The van der Waals surface area contributed by atoms with E-state index in [0.29, 0.717) is 11.3 Å². The number of anilines is 1. The van der Waals surface area contributed by atoms with Crippen molar-refractivity contribution in [3.05, 3.63) is 29.8 Å². The first-order valence-corrected chi connectivity index (χ1v) is 4.18. The Morgan fingerprint density at radius 2 is 2.00 bits per heavy atom. The van der Waals surface area contributed by atoms with Gasteiger partial charge in [0.25, 0.3) is 0 Å². The molecule has 0 aliphatic rings. The van der Waals surface area contributed by atoms with Crippen molar-refractivity contribution >= 4 is 11.7 Å².